The van der Waals surface area contributed by atoms with Crippen LogP contribution in [0.2, 0.25) is 0 Å². The van der Waals surface area contributed by atoms with Crippen LogP contribution in [0.3, 0.4) is 0 Å². The predicted octanol–water partition coefficient (Wildman–Crippen LogP) is 4.78. The average molecular weight is 305 g/mol. The Hall–Kier alpha value is -2.68. The van der Waals surface area contributed by atoms with Crippen molar-refractivity contribution in [1.82, 2.24) is 0 Å². The molecule has 0 heterocycles. The van der Waals surface area contributed by atoms with E-state index in [4.69, 9.17) is 4.84 Å². The summed E-state index contributed by atoms with van der Waals surface area (Å²) in [6.45, 7) is 1.98. The molecule has 2 aromatic rings. The second-order valence-electron chi connectivity index (χ2n) is 5.72. The van der Waals surface area contributed by atoms with Gasteiger partial charge in [0.05, 0.1) is 11.3 Å². The summed E-state index contributed by atoms with van der Waals surface area (Å²) >= 11 is 0. The molecule has 3 heteroatoms. The van der Waals surface area contributed by atoms with Crippen LogP contribution in [-0.2, 0) is 4.84 Å². The third kappa shape index (κ3) is 3.95. The monoisotopic (exact) mass is 305 g/mol. The Labute approximate surface area is 136 Å². The third-order valence-corrected chi connectivity index (χ3v) is 3.90. The molecule has 1 fully saturated rings. The molecule has 1 saturated carbocycles. The third-order valence-electron chi connectivity index (χ3n) is 3.90. The Morgan fingerprint density at radius 3 is 2.52 bits per heavy atom. The maximum Gasteiger partial charge on any atom is 0.365 e. The first-order valence-corrected chi connectivity index (χ1v) is 7.83. The molecule has 0 amide bonds. The molecule has 0 spiro atoms. The maximum atomic E-state index is 12.0. The fourth-order valence-corrected chi connectivity index (χ4v) is 2.60. The lowest BCUT2D eigenvalue weighted by atomic mass is 10.1. The Bertz CT molecular complexity index is 743. The van der Waals surface area contributed by atoms with Crippen LogP contribution in [-0.4, -0.2) is 11.7 Å². The molecule has 1 aliphatic carbocycles. The van der Waals surface area contributed by atoms with Crippen LogP contribution in [0.25, 0.3) is 6.08 Å². The van der Waals surface area contributed by atoms with Crippen molar-refractivity contribution >= 4 is 17.8 Å². The fraction of sp³-hybridized carbons (Fsp3) is 0.200. The Morgan fingerprint density at radius 2 is 1.78 bits per heavy atom. The fourth-order valence-electron chi connectivity index (χ4n) is 2.60. The number of hydrogen-bond donors (Lipinski definition) is 0. The molecule has 3 nitrogen and oxygen atoms in total. The van der Waals surface area contributed by atoms with E-state index < -0.39 is 5.97 Å². The molecule has 0 unspecified atom stereocenters. The molecular weight excluding hydrogens is 286 g/mol. The van der Waals surface area contributed by atoms with Gasteiger partial charge in [0.1, 0.15) is 0 Å². The highest BCUT2D eigenvalue weighted by Crippen LogP contribution is 2.24. The number of carbonyl (C=O) groups is 1. The van der Waals surface area contributed by atoms with Crippen molar-refractivity contribution < 1.29 is 9.63 Å². The van der Waals surface area contributed by atoms with Gasteiger partial charge in [-0.25, -0.2) is 4.79 Å². The van der Waals surface area contributed by atoms with Gasteiger partial charge in [0.2, 0.25) is 0 Å². The van der Waals surface area contributed by atoms with Gasteiger partial charge in [-0.15, -0.1) is 0 Å². The van der Waals surface area contributed by atoms with Gasteiger partial charge in [-0.3, -0.25) is 0 Å². The summed E-state index contributed by atoms with van der Waals surface area (Å²) < 4.78 is 0. The van der Waals surface area contributed by atoms with Gasteiger partial charge in [0, 0.05) is 0 Å². The number of nitrogens with zero attached hydrogens (tertiary/aromatic N) is 1. The van der Waals surface area contributed by atoms with E-state index in [-0.39, 0.29) is 0 Å². The molecule has 2 aromatic carbocycles. The molecular formula is C20H19NO2. The highest BCUT2D eigenvalue weighted by molar-refractivity contribution is 6.05. The van der Waals surface area contributed by atoms with Gasteiger partial charge >= 0.3 is 5.97 Å². The molecule has 23 heavy (non-hydrogen) atoms. The molecule has 1 aliphatic rings. The van der Waals surface area contributed by atoms with Crippen LogP contribution in [0.1, 0.15) is 40.7 Å². The Balaban J connectivity index is 1.72. The molecule has 0 bridgehead atoms. The van der Waals surface area contributed by atoms with Gasteiger partial charge in [-0.05, 0) is 55.5 Å². The highest BCUT2D eigenvalue weighted by atomic mass is 16.7. The number of aryl methyl sites for hydroxylation is 1. The van der Waals surface area contributed by atoms with Gasteiger partial charge in [-0.1, -0.05) is 53.2 Å². The number of allylic oxidation sites excluding steroid dienone is 1. The first kappa shape index (κ1) is 15.2. The van der Waals surface area contributed by atoms with Crippen molar-refractivity contribution in [3.05, 3.63) is 76.9 Å². The van der Waals surface area contributed by atoms with Gasteiger partial charge < -0.3 is 4.84 Å². The first-order chi connectivity index (χ1) is 11.2. The van der Waals surface area contributed by atoms with Crippen molar-refractivity contribution in [2.75, 3.05) is 0 Å². The predicted molar refractivity (Wildman–Crippen MR) is 92.3 cm³/mol. The van der Waals surface area contributed by atoms with Crippen LogP contribution >= 0.6 is 0 Å². The van der Waals surface area contributed by atoms with Crippen LogP contribution in [0.15, 0.2) is 65.3 Å². The zero-order chi connectivity index (χ0) is 16.1. The number of carbonyl (C=O) groups excluding carboxylic acids is 1. The number of rotatable bonds is 3. The minimum absolute atomic E-state index is 0.413. The van der Waals surface area contributed by atoms with E-state index in [1.807, 2.05) is 37.3 Å². The van der Waals surface area contributed by atoms with E-state index in [1.165, 1.54) is 0 Å². The molecule has 116 valence electrons. The van der Waals surface area contributed by atoms with Gasteiger partial charge in [0.25, 0.3) is 0 Å². The molecule has 0 atom stereocenters. The number of hydrogen-bond acceptors (Lipinski definition) is 3. The van der Waals surface area contributed by atoms with E-state index in [9.17, 15) is 4.79 Å². The largest absolute Gasteiger partial charge is 0.365 e. The van der Waals surface area contributed by atoms with Crippen LogP contribution < -0.4 is 0 Å². The minimum atomic E-state index is -0.413. The zero-order valence-electron chi connectivity index (χ0n) is 13.2. The number of benzene rings is 2. The van der Waals surface area contributed by atoms with Crippen molar-refractivity contribution in [1.29, 1.82) is 0 Å². The van der Waals surface area contributed by atoms with Crippen molar-refractivity contribution in [2.24, 2.45) is 5.16 Å². The van der Waals surface area contributed by atoms with Gasteiger partial charge in [0.15, 0.2) is 0 Å². The Kier molecular flexibility index (Phi) is 4.67. The summed E-state index contributed by atoms with van der Waals surface area (Å²) in [6, 6.07) is 17.4. The van der Waals surface area contributed by atoms with Crippen LogP contribution in [0.5, 0.6) is 0 Å². The van der Waals surface area contributed by atoms with E-state index >= 15 is 0 Å². The Morgan fingerprint density at radius 1 is 1.04 bits per heavy atom. The second kappa shape index (κ2) is 7.05. The smallest absolute Gasteiger partial charge is 0.313 e. The topological polar surface area (TPSA) is 38.7 Å². The van der Waals surface area contributed by atoms with Crippen molar-refractivity contribution in [2.45, 2.75) is 26.2 Å². The highest BCUT2D eigenvalue weighted by Gasteiger charge is 2.17. The van der Waals surface area contributed by atoms with Gasteiger partial charge in [-0.2, -0.15) is 0 Å². The van der Waals surface area contributed by atoms with Crippen molar-refractivity contribution in [3.63, 3.8) is 0 Å². The van der Waals surface area contributed by atoms with Crippen molar-refractivity contribution in [3.8, 4) is 0 Å². The summed E-state index contributed by atoms with van der Waals surface area (Å²) in [7, 11) is 0. The summed E-state index contributed by atoms with van der Waals surface area (Å²) in [5, 5.41) is 4.10. The average Bonchev–Trinajstić information content (AvgIpc) is 3.01. The lowest BCUT2D eigenvalue weighted by molar-refractivity contribution is 0.0516. The summed E-state index contributed by atoms with van der Waals surface area (Å²) in [6.07, 6.45) is 4.97. The molecule has 0 radical (unpaired) electrons. The normalized spacial score (nSPS) is 17.6. The zero-order valence-corrected chi connectivity index (χ0v) is 13.2. The number of oxime groups is 1. The summed E-state index contributed by atoms with van der Waals surface area (Å²) in [5.74, 6) is -0.413. The second-order valence-corrected chi connectivity index (χ2v) is 5.72. The van der Waals surface area contributed by atoms with Crippen LogP contribution in [0, 0.1) is 6.92 Å². The minimum Gasteiger partial charge on any atom is -0.313 e. The van der Waals surface area contributed by atoms with E-state index in [0.717, 1.165) is 41.7 Å². The lowest BCUT2D eigenvalue weighted by Gasteiger charge is -2.02. The molecule has 0 N–H and O–H groups in total. The van der Waals surface area contributed by atoms with E-state index in [1.54, 1.807) is 12.1 Å². The molecule has 0 aliphatic heterocycles. The van der Waals surface area contributed by atoms with E-state index in [0.29, 0.717) is 5.56 Å². The summed E-state index contributed by atoms with van der Waals surface area (Å²) in [5.41, 5.74) is 4.78. The molecule has 3 rings (SSSR count). The lowest BCUT2D eigenvalue weighted by Crippen LogP contribution is -2.04. The maximum absolute atomic E-state index is 12.0. The SMILES string of the molecule is Cc1ccc(C(=O)O/N=C2/CCC/C2=C/c2ccccc2)cc1. The standard InChI is InChI=1S/C20H19NO2/c1-15-10-12-17(13-11-15)20(22)23-21-19-9-5-8-18(19)14-16-6-3-2-4-7-16/h2-4,6-7,10-14H,5,8-9H2,1H3/b18-14-,21-19-. The molecule has 0 aromatic heterocycles. The van der Waals surface area contributed by atoms with Crippen LogP contribution in [0.4, 0.5) is 0 Å². The quantitative estimate of drug-likeness (QED) is 0.605. The first-order valence-electron chi connectivity index (χ1n) is 7.83. The van der Waals surface area contributed by atoms with E-state index in [2.05, 4.69) is 23.4 Å². The summed E-state index contributed by atoms with van der Waals surface area (Å²) in [4.78, 5) is 17.2. The molecule has 0 saturated heterocycles.